The van der Waals surface area contributed by atoms with E-state index in [0.29, 0.717) is 0 Å². The van der Waals surface area contributed by atoms with Gasteiger partial charge in [0.2, 0.25) is 0 Å². The van der Waals surface area contributed by atoms with E-state index < -0.39 is 0 Å². The summed E-state index contributed by atoms with van der Waals surface area (Å²) in [6.07, 6.45) is 5.76. The summed E-state index contributed by atoms with van der Waals surface area (Å²) in [5.41, 5.74) is 0. The van der Waals surface area contributed by atoms with Crippen LogP contribution in [0.2, 0.25) is 0 Å². The first-order chi connectivity index (χ1) is 5.29. The van der Waals surface area contributed by atoms with Gasteiger partial charge in [-0.15, -0.1) is 0 Å². The first-order valence-corrected chi connectivity index (χ1v) is 6.95. The van der Waals surface area contributed by atoms with Gasteiger partial charge in [-0.25, -0.2) is 0 Å². The fourth-order valence-corrected chi connectivity index (χ4v) is 4.35. The molecule has 2 heteroatoms. The highest BCUT2D eigenvalue weighted by Gasteiger charge is 2.15. The maximum absolute atomic E-state index is 2.32. The Kier molecular flexibility index (Phi) is 4.77. The van der Waals surface area contributed by atoms with Gasteiger partial charge in [0.25, 0.3) is 0 Å². The zero-order chi connectivity index (χ0) is 8.10. The number of hydrogen-bond donors (Lipinski definition) is 0. The molecule has 0 spiro atoms. The Balaban J connectivity index is 1.94. The molecule has 11 heavy (non-hydrogen) atoms. The maximum Gasteiger partial charge on any atom is 0.0159 e. The average Bonchev–Trinajstić information content (AvgIpc) is 2.39. The molecular weight excluding hydrogens is 172 g/mol. The molecule has 1 aliphatic rings. The summed E-state index contributed by atoms with van der Waals surface area (Å²) in [5.74, 6) is 2.28. The third kappa shape index (κ3) is 4.32. The van der Waals surface area contributed by atoms with Crippen LogP contribution in [0.1, 0.15) is 39.5 Å². The van der Waals surface area contributed by atoms with E-state index in [1.807, 2.05) is 0 Å². The zero-order valence-electron chi connectivity index (χ0n) is 7.51. The summed E-state index contributed by atoms with van der Waals surface area (Å²) in [5, 5.41) is 0.985. The third-order valence-corrected chi connectivity index (χ3v) is 5.04. The summed E-state index contributed by atoms with van der Waals surface area (Å²) >= 11 is 0. The molecule has 1 rings (SSSR count). The summed E-state index contributed by atoms with van der Waals surface area (Å²) in [4.78, 5) is 0. The average molecular weight is 190 g/mol. The van der Waals surface area contributed by atoms with Gasteiger partial charge in [-0.2, -0.15) is 0 Å². The van der Waals surface area contributed by atoms with Gasteiger partial charge in [-0.1, -0.05) is 48.3 Å². The van der Waals surface area contributed by atoms with Crippen LogP contribution in [0.15, 0.2) is 0 Å². The maximum atomic E-state index is 2.32. The van der Waals surface area contributed by atoms with Gasteiger partial charge in [0, 0.05) is 11.0 Å². The zero-order valence-corrected chi connectivity index (χ0v) is 9.14. The fourth-order valence-electron chi connectivity index (χ4n) is 1.32. The number of rotatable bonds is 4. The molecule has 0 aromatic carbocycles. The highest BCUT2D eigenvalue weighted by atomic mass is 33.1. The van der Waals surface area contributed by atoms with E-state index in [1.165, 1.54) is 31.4 Å². The minimum atomic E-state index is 0.897. The van der Waals surface area contributed by atoms with Crippen LogP contribution >= 0.6 is 21.6 Å². The highest BCUT2D eigenvalue weighted by molar-refractivity contribution is 8.77. The van der Waals surface area contributed by atoms with E-state index in [4.69, 9.17) is 0 Å². The molecule has 1 saturated heterocycles. The summed E-state index contributed by atoms with van der Waals surface area (Å²) in [6, 6.07) is 0. The van der Waals surface area contributed by atoms with Crippen LogP contribution in [0.3, 0.4) is 0 Å². The molecule has 0 aromatic rings. The Morgan fingerprint density at radius 2 is 2.27 bits per heavy atom. The van der Waals surface area contributed by atoms with Crippen molar-refractivity contribution in [3.63, 3.8) is 0 Å². The van der Waals surface area contributed by atoms with Gasteiger partial charge >= 0.3 is 0 Å². The molecule has 0 bridgehead atoms. The van der Waals surface area contributed by atoms with E-state index in [9.17, 15) is 0 Å². The van der Waals surface area contributed by atoms with Crippen molar-refractivity contribution >= 4 is 21.6 Å². The second-order valence-corrected chi connectivity index (χ2v) is 6.44. The lowest BCUT2D eigenvalue weighted by Gasteiger charge is -2.07. The Morgan fingerprint density at radius 1 is 1.45 bits per heavy atom. The van der Waals surface area contributed by atoms with Gasteiger partial charge in [-0.3, -0.25) is 0 Å². The minimum Gasteiger partial charge on any atom is -0.0938 e. The SMILES string of the molecule is CC(C)CCC[C@@H]1CCSS1. The Hall–Kier alpha value is 0.700. The monoisotopic (exact) mass is 190 g/mol. The molecule has 0 aromatic heterocycles. The van der Waals surface area contributed by atoms with Crippen LogP contribution in [0.4, 0.5) is 0 Å². The van der Waals surface area contributed by atoms with Crippen LogP contribution in [-0.4, -0.2) is 11.0 Å². The van der Waals surface area contributed by atoms with Gasteiger partial charge < -0.3 is 0 Å². The lowest BCUT2D eigenvalue weighted by Crippen LogP contribution is -1.98. The predicted octanol–water partition coefficient (Wildman–Crippen LogP) is 3.97. The van der Waals surface area contributed by atoms with Crippen LogP contribution in [-0.2, 0) is 0 Å². The molecule has 1 atom stereocenters. The third-order valence-electron chi connectivity index (χ3n) is 2.03. The van der Waals surface area contributed by atoms with Crippen LogP contribution in [0.5, 0.6) is 0 Å². The summed E-state index contributed by atoms with van der Waals surface area (Å²) < 4.78 is 0. The second kappa shape index (κ2) is 5.36. The van der Waals surface area contributed by atoms with Crippen LogP contribution in [0.25, 0.3) is 0 Å². The molecule has 0 radical (unpaired) electrons. The molecule has 0 nitrogen and oxygen atoms in total. The first kappa shape index (κ1) is 9.79. The van der Waals surface area contributed by atoms with Gasteiger partial charge in [0.1, 0.15) is 0 Å². The Bertz CT molecular complexity index is 95.7. The summed E-state index contributed by atoms with van der Waals surface area (Å²) in [6.45, 7) is 4.63. The van der Waals surface area contributed by atoms with Crippen molar-refractivity contribution < 1.29 is 0 Å². The molecule has 66 valence electrons. The fraction of sp³-hybridized carbons (Fsp3) is 1.00. The standard InChI is InChI=1S/C9H18S2/c1-8(2)4-3-5-9-6-7-10-11-9/h8-9H,3-7H2,1-2H3/t9-/m1/s1. The van der Waals surface area contributed by atoms with E-state index in [2.05, 4.69) is 35.4 Å². The molecule has 0 unspecified atom stereocenters. The Labute approximate surface area is 78.3 Å². The molecule has 1 heterocycles. The molecule has 0 aliphatic carbocycles. The largest absolute Gasteiger partial charge is 0.0938 e. The second-order valence-electron chi connectivity index (χ2n) is 3.65. The molecule has 0 N–H and O–H groups in total. The Morgan fingerprint density at radius 3 is 2.82 bits per heavy atom. The van der Waals surface area contributed by atoms with Crippen molar-refractivity contribution in [2.45, 2.75) is 44.8 Å². The molecular formula is C9H18S2. The quantitative estimate of drug-likeness (QED) is 0.615. The van der Waals surface area contributed by atoms with Gasteiger partial charge in [0.15, 0.2) is 0 Å². The first-order valence-electron chi connectivity index (χ1n) is 4.57. The molecule has 0 saturated carbocycles. The van der Waals surface area contributed by atoms with E-state index in [-0.39, 0.29) is 0 Å². The van der Waals surface area contributed by atoms with Crippen molar-refractivity contribution in [2.75, 3.05) is 5.75 Å². The lowest BCUT2D eigenvalue weighted by atomic mass is 10.0. The normalized spacial score (nSPS) is 24.8. The smallest absolute Gasteiger partial charge is 0.0159 e. The lowest BCUT2D eigenvalue weighted by molar-refractivity contribution is 0.531. The van der Waals surface area contributed by atoms with E-state index >= 15 is 0 Å². The van der Waals surface area contributed by atoms with E-state index in [1.54, 1.807) is 0 Å². The van der Waals surface area contributed by atoms with Crippen molar-refractivity contribution in [3.8, 4) is 0 Å². The minimum absolute atomic E-state index is 0.897. The van der Waals surface area contributed by atoms with E-state index in [0.717, 1.165) is 11.2 Å². The highest BCUT2D eigenvalue weighted by Crippen LogP contribution is 2.39. The predicted molar refractivity (Wildman–Crippen MR) is 57.1 cm³/mol. The molecule has 1 fully saturated rings. The summed E-state index contributed by atoms with van der Waals surface area (Å²) in [7, 11) is 4.17. The van der Waals surface area contributed by atoms with Crippen molar-refractivity contribution in [3.05, 3.63) is 0 Å². The molecule has 1 aliphatic heterocycles. The van der Waals surface area contributed by atoms with Crippen molar-refractivity contribution in [1.82, 2.24) is 0 Å². The van der Waals surface area contributed by atoms with Gasteiger partial charge in [0.05, 0.1) is 0 Å². The van der Waals surface area contributed by atoms with Crippen molar-refractivity contribution in [1.29, 1.82) is 0 Å². The topological polar surface area (TPSA) is 0 Å². The number of hydrogen-bond acceptors (Lipinski definition) is 2. The van der Waals surface area contributed by atoms with Crippen LogP contribution in [0, 0.1) is 5.92 Å². The van der Waals surface area contributed by atoms with Crippen LogP contribution < -0.4 is 0 Å². The van der Waals surface area contributed by atoms with Crippen molar-refractivity contribution in [2.24, 2.45) is 5.92 Å². The van der Waals surface area contributed by atoms with Gasteiger partial charge in [-0.05, 0) is 18.8 Å². The molecule has 0 amide bonds.